The molecule has 520 valence electrons. The normalized spacial score (nSPS) is 11.6. The van der Waals surface area contributed by atoms with Crippen molar-refractivity contribution in [3.8, 4) is 5.75 Å². The fraction of sp³-hybridized carbons (Fsp3) is 0.810. The molecule has 0 spiro atoms. The van der Waals surface area contributed by atoms with Crippen molar-refractivity contribution in [3.63, 3.8) is 0 Å². The lowest BCUT2D eigenvalue weighted by Crippen LogP contribution is -2.31. The topological polar surface area (TPSA) is 234 Å². The molecular formula is C63H113NO25. The van der Waals surface area contributed by atoms with Gasteiger partial charge in [-0.3, -0.25) is 0 Å². The van der Waals surface area contributed by atoms with Crippen molar-refractivity contribution in [1.82, 2.24) is 0 Å². The molecule has 89 heavy (non-hydrogen) atoms. The minimum atomic E-state index is 0.463. The van der Waals surface area contributed by atoms with Gasteiger partial charge in [-0.2, -0.15) is 0 Å². The van der Waals surface area contributed by atoms with Crippen molar-refractivity contribution in [2.75, 3.05) is 336 Å². The number of anilines is 1. The average molecular weight is 1280 g/mol. The smallest absolute Gasteiger partial charge is 0.121 e. The van der Waals surface area contributed by atoms with E-state index in [-0.39, 0.29) is 0 Å². The quantitative estimate of drug-likeness (QED) is 0.0859. The Morgan fingerprint density at radius 3 is 0.663 bits per heavy atom. The highest BCUT2D eigenvalue weighted by Gasteiger charge is 2.10. The number of hydrogen-bond donors (Lipinski definition) is 0. The van der Waals surface area contributed by atoms with Crippen LogP contribution < -0.4 is 9.64 Å². The van der Waals surface area contributed by atoms with E-state index in [2.05, 4.69) is 23.1 Å². The van der Waals surface area contributed by atoms with Gasteiger partial charge in [0, 0.05) is 39.1 Å². The zero-order valence-electron chi connectivity index (χ0n) is 54.0. The second-order valence-corrected chi connectivity index (χ2v) is 18.7. The molecule has 0 bridgehead atoms. The van der Waals surface area contributed by atoms with Crippen LogP contribution in [0.15, 0.2) is 54.6 Å². The Bertz CT molecular complexity index is 1580. The predicted molar refractivity (Wildman–Crippen MR) is 331 cm³/mol. The number of ether oxygens (including phenoxy) is 25. The van der Waals surface area contributed by atoms with Crippen LogP contribution in [0.4, 0.5) is 5.69 Å². The summed E-state index contributed by atoms with van der Waals surface area (Å²) in [4.78, 5) is 2.23. The van der Waals surface area contributed by atoms with Gasteiger partial charge >= 0.3 is 0 Å². The third-order valence-corrected chi connectivity index (χ3v) is 11.7. The first-order chi connectivity index (χ1) is 44.3. The second-order valence-electron chi connectivity index (χ2n) is 18.7. The van der Waals surface area contributed by atoms with Crippen molar-refractivity contribution < 1.29 is 118 Å². The largest absolute Gasteiger partial charge is 0.489 e. The molecule has 0 aromatic heterocycles. The summed E-state index contributed by atoms with van der Waals surface area (Å²) in [5.41, 5.74) is 2.12. The summed E-state index contributed by atoms with van der Waals surface area (Å²) >= 11 is 0. The van der Waals surface area contributed by atoms with Gasteiger partial charge in [-0.1, -0.05) is 36.4 Å². The van der Waals surface area contributed by atoms with Crippen LogP contribution in [0.1, 0.15) is 5.56 Å². The molecule has 0 aliphatic heterocycles. The summed E-state index contributed by atoms with van der Waals surface area (Å²) in [5.74, 6) is 0.790. The lowest BCUT2D eigenvalue weighted by molar-refractivity contribution is -0.0280. The third kappa shape index (κ3) is 61.0. The Morgan fingerprint density at radius 2 is 0.438 bits per heavy atom. The number of hydrogen-bond acceptors (Lipinski definition) is 26. The zero-order chi connectivity index (χ0) is 63.0. The minimum absolute atomic E-state index is 0.463. The van der Waals surface area contributed by atoms with Gasteiger partial charge in [-0.05, 0) is 17.7 Å². The molecule has 0 heterocycles. The maximum Gasteiger partial charge on any atom is 0.121 e. The molecular weight excluding hydrogens is 1170 g/mol. The summed E-state index contributed by atoms with van der Waals surface area (Å²) in [6.07, 6.45) is 0. The Balaban J connectivity index is 1.36. The van der Waals surface area contributed by atoms with Crippen LogP contribution >= 0.6 is 0 Å². The van der Waals surface area contributed by atoms with E-state index in [1.807, 2.05) is 36.4 Å². The summed E-state index contributed by atoms with van der Waals surface area (Å²) in [7, 11) is 3.29. The van der Waals surface area contributed by atoms with Crippen LogP contribution in [-0.2, 0) is 120 Å². The van der Waals surface area contributed by atoms with Crippen LogP contribution in [0.2, 0.25) is 0 Å². The van der Waals surface area contributed by atoms with Crippen LogP contribution in [0.3, 0.4) is 0 Å². The van der Waals surface area contributed by atoms with E-state index >= 15 is 0 Å². The maximum atomic E-state index is 6.13. The van der Waals surface area contributed by atoms with E-state index in [0.29, 0.717) is 324 Å². The highest BCUT2D eigenvalue weighted by molar-refractivity contribution is 5.50. The first kappa shape index (κ1) is 82.2. The van der Waals surface area contributed by atoms with Crippen molar-refractivity contribution in [2.45, 2.75) is 6.61 Å². The van der Waals surface area contributed by atoms with Gasteiger partial charge in [-0.15, -0.1) is 0 Å². The van der Waals surface area contributed by atoms with E-state index in [0.717, 1.165) is 17.0 Å². The molecule has 2 rings (SSSR count). The average Bonchev–Trinajstić information content (AvgIpc) is 3.76. The number of methoxy groups -OCH3 is 2. The van der Waals surface area contributed by atoms with E-state index in [9.17, 15) is 0 Å². The van der Waals surface area contributed by atoms with Crippen molar-refractivity contribution in [1.29, 1.82) is 0 Å². The van der Waals surface area contributed by atoms with Gasteiger partial charge in [0.2, 0.25) is 0 Å². The minimum Gasteiger partial charge on any atom is -0.489 e. The van der Waals surface area contributed by atoms with Crippen molar-refractivity contribution in [2.24, 2.45) is 0 Å². The number of benzene rings is 2. The van der Waals surface area contributed by atoms with E-state index in [1.165, 1.54) is 0 Å². The number of nitrogens with zero attached hydrogens (tertiary/aromatic N) is 1. The SMILES string of the molecule is COCCOCCOCCOCCOCCOCCOCCOCCOCCOCCOCCOCCN(CCOCCOCCOCCOCCOCCOCCOCCOCCOCCOCCOCCOC)c1cccc(OCc2ccccc2)c1. The first-order valence-corrected chi connectivity index (χ1v) is 31.5. The fourth-order valence-corrected chi connectivity index (χ4v) is 7.12. The molecule has 0 N–H and O–H groups in total. The fourth-order valence-electron chi connectivity index (χ4n) is 7.12. The standard InChI is InChI=1S/C63H113NO25/c1-65-15-17-69-23-25-73-31-33-77-39-41-81-47-49-85-55-57-87-53-51-83-45-43-79-37-35-75-29-27-71-21-19-67-13-11-64(62-9-6-10-63(59-62)89-60-61-7-4-3-5-8-61)12-14-68-20-22-72-28-30-76-36-38-80-44-46-84-52-54-88-58-56-86-50-48-82-42-40-78-34-32-74-26-24-70-18-16-66-2/h3-10,59H,11-58,60H2,1-2H3. The summed E-state index contributed by atoms with van der Waals surface area (Å²) in [6.45, 7) is 24.8. The van der Waals surface area contributed by atoms with E-state index in [1.54, 1.807) is 14.2 Å². The van der Waals surface area contributed by atoms with E-state index < -0.39 is 0 Å². The summed E-state index contributed by atoms with van der Waals surface area (Å²) in [6, 6.07) is 18.2. The second kappa shape index (κ2) is 70.9. The molecule has 0 atom stereocenters. The molecule has 0 aliphatic carbocycles. The van der Waals surface area contributed by atoms with Crippen molar-refractivity contribution >= 4 is 5.69 Å². The Morgan fingerprint density at radius 1 is 0.225 bits per heavy atom. The first-order valence-electron chi connectivity index (χ1n) is 31.5. The third-order valence-electron chi connectivity index (χ3n) is 11.7. The van der Waals surface area contributed by atoms with Gasteiger partial charge in [-0.25, -0.2) is 0 Å². The highest BCUT2D eigenvalue weighted by atomic mass is 16.6. The molecule has 0 fully saturated rings. The zero-order valence-corrected chi connectivity index (χ0v) is 54.0. The van der Waals surface area contributed by atoms with Gasteiger partial charge < -0.3 is 123 Å². The molecule has 0 radical (unpaired) electrons. The molecule has 26 nitrogen and oxygen atoms in total. The van der Waals surface area contributed by atoms with E-state index in [4.69, 9.17) is 118 Å². The molecule has 2 aromatic rings. The lowest BCUT2D eigenvalue weighted by Gasteiger charge is -2.25. The molecule has 0 saturated heterocycles. The molecule has 2 aromatic carbocycles. The molecule has 26 heteroatoms. The summed E-state index contributed by atoms with van der Waals surface area (Å²) in [5, 5.41) is 0. The summed E-state index contributed by atoms with van der Waals surface area (Å²) < 4.78 is 139. The lowest BCUT2D eigenvalue weighted by atomic mass is 10.2. The van der Waals surface area contributed by atoms with Crippen LogP contribution in [-0.4, -0.2) is 331 Å². The van der Waals surface area contributed by atoms with Crippen LogP contribution in [0, 0.1) is 0 Å². The Labute approximate surface area is 531 Å². The maximum absolute atomic E-state index is 6.13. The highest BCUT2D eigenvalue weighted by Crippen LogP contribution is 2.22. The van der Waals surface area contributed by atoms with Crippen LogP contribution in [0.5, 0.6) is 5.75 Å². The molecule has 0 amide bonds. The molecule has 0 aliphatic rings. The predicted octanol–water partition coefficient (Wildman–Crippen LogP) is 3.73. The number of rotatable bonds is 76. The van der Waals surface area contributed by atoms with Crippen molar-refractivity contribution in [3.05, 3.63) is 60.2 Å². The van der Waals surface area contributed by atoms with Gasteiger partial charge in [0.15, 0.2) is 0 Å². The molecule has 0 unspecified atom stereocenters. The van der Waals surface area contributed by atoms with Gasteiger partial charge in [0.05, 0.1) is 304 Å². The van der Waals surface area contributed by atoms with Crippen LogP contribution in [0.25, 0.3) is 0 Å². The van der Waals surface area contributed by atoms with Gasteiger partial charge in [0.25, 0.3) is 0 Å². The molecule has 0 saturated carbocycles. The Kier molecular flexibility index (Phi) is 65.5. The van der Waals surface area contributed by atoms with Gasteiger partial charge in [0.1, 0.15) is 12.4 Å². The monoisotopic (exact) mass is 1280 g/mol. The Hall–Kier alpha value is -2.92.